The van der Waals surface area contributed by atoms with E-state index < -0.39 is 0 Å². The number of imidazole rings is 1. The van der Waals surface area contributed by atoms with Gasteiger partial charge in [0.1, 0.15) is 10.6 Å². The average Bonchev–Trinajstić information content (AvgIpc) is 3.80. The Hall–Kier alpha value is -6.04. The van der Waals surface area contributed by atoms with Crippen LogP contribution >= 0.6 is 11.6 Å². The summed E-state index contributed by atoms with van der Waals surface area (Å²) in [7, 11) is 0. The van der Waals surface area contributed by atoms with Gasteiger partial charge in [0.15, 0.2) is 5.58 Å². The van der Waals surface area contributed by atoms with E-state index >= 15 is 0 Å². The first kappa shape index (κ1) is 25.2. The molecule has 6 heteroatoms. The summed E-state index contributed by atoms with van der Waals surface area (Å²) in [5, 5.41) is 7.26. The third-order valence-corrected chi connectivity index (χ3v) is 10.1. The highest BCUT2D eigenvalue weighted by molar-refractivity contribution is 6.38. The molecule has 0 N–H and O–H groups in total. The van der Waals surface area contributed by atoms with Gasteiger partial charge in [-0.15, -0.1) is 0 Å². The molecule has 0 amide bonds. The van der Waals surface area contributed by atoms with Crippen LogP contribution in [0.1, 0.15) is 0 Å². The lowest BCUT2D eigenvalue weighted by atomic mass is 10.1. The molecular weight excluding hydrogens is 600 g/mol. The number of hydrogen-bond acceptors (Lipinski definition) is 2. The molecule has 4 aromatic heterocycles. The van der Waals surface area contributed by atoms with Crippen LogP contribution in [0.2, 0.25) is 5.02 Å². The zero-order chi connectivity index (χ0) is 30.8. The summed E-state index contributed by atoms with van der Waals surface area (Å²) >= 11 is 7.35. The molecule has 0 radical (unpaired) electrons. The van der Waals surface area contributed by atoms with Crippen LogP contribution in [0.5, 0.6) is 0 Å². The zero-order valence-electron chi connectivity index (χ0n) is 24.9. The molecule has 0 aliphatic rings. The Morgan fingerprint density at radius 1 is 0.532 bits per heavy atom. The van der Waals surface area contributed by atoms with Gasteiger partial charge in [0, 0.05) is 32.6 Å². The van der Waals surface area contributed by atoms with Gasteiger partial charge in [-0.2, -0.15) is 0 Å². The van der Waals surface area contributed by atoms with Gasteiger partial charge in [0.2, 0.25) is 5.78 Å². The Balaban J connectivity index is 1.39. The second-order valence-electron chi connectivity index (χ2n) is 12.1. The number of halogens is 1. The molecule has 11 aromatic rings. The smallest absolute Gasteiger partial charge is 0.220 e. The topological polar surface area (TPSA) is 40.3 Å². The Bertz CT molecular complexity index is 3080. The van der Waals surface area contributed by atoms with Crippen LogP contribution in [0.4, 0.5) is 0 Å². The van der Waals surface area contributed by atoms with Crippen LogP contribution in [-0.2, 0) is 0 Å². The van der Waals surface area contributed by atoms with E-state index in [0.29, 0.717) is 10.6 Å². The maximum Gasteiger partial charge on any atom is 0.220 e. The molecular formula is C41H23ClN4O. The number of rotatable bonds is 2. The van der Waals surface area contributed by atoms with Crippen molar-refractivity contribution in [2.45, 2.75) is 0 Å². The summed E-state index contributed by atoms with van der Waals surface area (Å²) in [5.74, 6) is 0.779. The standard InChI is InChI=1S/C41H23ClN4O/c42-37-34(23-21-29-27-15-5-7-19-35(27)47-40(29)37)45-32-17-8-10-24-11-9-18-33(36(24)32)46-39-30(43-41(45)46)22-20-28-26-14-4-6-16-31(26)44(38(28)39)25-12-2-1-3-13-25/h1-23H. The van der Waals surface area contributed by atoms with Gasteiger partial charge in [-0.05, 0) is 66.0 Å². The minimum atomic E-state index is 0.553. The molecule has 0 bridgehead atoms. The van der Waals surface area contributed by atoms with Crippen LogP contribution in [0.25, 0.3) is 93.7 Å². The number of nitrogens with zero attached hydrogens (tertiary/aromatic N) is 4. The summed E-state index contributed by atoms with van der Waals surface area (Å²) in [6.45, 7) is 0. The van der Waals surface area contributed by atoms with Crippen molar-refractivity contribution in [1.29, 1.82) is 0 Å². The zero-order valence-corrected chi connectivity index (χ0v) is 25.6. The van der Waals surface area contributed by atoms with Crippen molar-refractivity contribution in [2.24, 2.45) is 0 Å². The third-order valence-electron chi connectivity index (χ3n) is 9.70. The van der Waals surface area contributed by atoms with E-state index in [-0.39, 0.29) is 0 Å². The Morgan fingerprint density at radius 2 is 1.26 bits per heavy atom. The van der Waals surface area contributed by atoms with E-state index in [1.54, 1.807) is 0 Å². The number of aromatic nitrogens is 4. The summed E-state index contributed by atoms with van der Waals surface area (Å²) < 4.78 is 13.3. The fourth-order valence-corrected chi connectivity index (χ4v) is 8.05. The molecule has 0 fully saturated rings. The highest BCUT2D eigenvalue weighted by Gasteiger charge is 2.24. The second-order valence-corrected chi connectivity index (χ2v) is 12.5. The first-order valence-corrected chi connectivity index (χ1v) is 16.1. The third kappa shape index (κ3) is 3.21. The summed E-state index contributed by atoms with van der Waals surface area (Å²) in [6, 6.07) is 48.8. The Kier molecular flexibility index (Phi) is 4.84. The Labute approximate surface area is 272 Å². The lowest BCUT2D eigenvalue weighted by Crippen LogP contribution is -2.06. The minimum Gasteiger partial charge on any atom is -0.454 e. The van der Waals surface area contributed by atoms with Crippen LogP contribution in [0.15, 0.2) is 144 Å². The van der Waals surface area contributed by atoms with Gasteiger partial charge in [-0.3, -0.25) is 8.97 Å². The first-order valence-electron chi connectivity index (χ1n) is 15.7. The van der Waals surface area contributed by atoms with E-state index in [1.165, 1.54) is 10.8 Å². The molecule has 0 spiro atoms. The van der Waals surface area contributed by atoms with Crippen molar-refractivity contribution >= 4 is 94.0 Å². The summed E-state index contributed by atoms with van der Waals surface area (Å²) in [4.78, 5) is 5.40. The highest BCUT2D eigenvalue weighted by Crippen LogP contribution is 2.42. The summed E-state index contributed by atoms with van der Waals surface area (Å²) in [5.41, 5.74) is 9.74. The second kappa shape index (κ2) is 9.03. The predicted molar refractivity (Wildman–Crippen MR) is 194 cm³/mol. The van der Waals surface area contributed by atoms with E-state index in [4.69, 9.17) is 21.0 Å². The molecule has 220 valence electrons. The van der Waals surface area contributed by atoms with E-state index in [2.05, 4.69) is 135 Å². The molecule has 0 saturated carbocycles. The van der Waals surface area contributed by atoms with Gasteiger partial charge in [-0.25, -0.2) is 4.98 Å². The molecule has 0 atom stereocenters. The maximum atomic E-state index is 7.35. The van der Waals surface area contributed by atoms with Gasteiger partial charge in [0.05, 0.1) is 38.8 Å². The van der Waals surface area contributed by atoms with Crippen molar-refractivity contribution in [3.63, 3.8) is 0 Å². The fourth-order valence-electron chi connectivity index (χ4n) is 7.76. The number of para-hydroxylation sites is 3. The minimum absolute atomic E-state index is 0.553. The van der Waals surface area contributed by atoms with Crippen LogP contribution < -0.4 is 0 Å². The van der Waals surface area contributed by atoms with E-state index in [9.17, 15) is 0 Å². The highest BCUT2D eigenvalue weighted by atomic mass is 35.5. The van der Waals surface area contributed by atoms with Gasteiger partial charge >= 0.3 is 0 Å². The van der Waals surface area contributed by atoms with Crippen molar-refractivity contribution in [3.05, 3.63) is 145 Å². The number of benzene rings is 7. The maximum absolute atomic E-state index is 7.35. The van der Waals surface area contributed by atoms with Gasteiger partial charge < -0.3 is 8.98 Å². The lowest BCUT2D eigenvalue weighted by molar-refractivity contribution is 0.668. The molecule has 0 aliphatic carbocycles. The number of hydrogen-bond donors (Lipinski definition) is 0. The van der Waals surface area contributed by atoms with Gasteiger partial charge in [0.25, 0.3) is 0 Å². The SMILES string of the molecule is Clc1c(-n2c3cccc4cccc(c43)n3c4c(ccc5c6ccccc6n(-c6ccccc6)c54)nc23)ccc2c1oc1ccccc12. The lowest BCUT2D eigenvalue weighted by Gasteiger charge is -2.18. The van der Waals surface area contributed by atoms with E-state index in [1.807, 2.05) is 18.2 Å². The molecule has 11 rings (SSSR count). The van der Waals surface area contributed by atoms with Crippen molar-refractivity contribution < 1.29 is 4.42 Å². The molecule has 0 saturated heterocycles. The first-order chi connectivity index (χ1) is 23.3. The molecule has 4 heterocycles. The largest absolute Gasteiger partial charge is 0.454 e. The molecule has 47 heavy (non-hydrogen) atoms. The monoisotopic (exact) mass is 622 g/mol. The normalized spacial score (nSPS) is 12.4. The Morgan fingerprint density at radius 3 is 2.13 bits per heavy atom. The van der Waals surface area contributed by atoms with Crippen molar-refractivity contribution in [2.75, 3.05) is 0 Å². The average molecular weight is 623 g/mol. The number of fused-ring (bicyclic) bond motifs is 11. The molecule has 0 aliphatic heterocycles. The van der Waals surface area contributed by atoms with E-state index in [0.717, 1.165) is 77.4 Å². The number of furan rings is 1. The molecule has 0 unspecified atom stereocenters. The van der Waals surface area contributed by atoms with Crippen LogP contribution in [-0.4, -0.2) is 18.5 Å². The van der Waals surface area contributed by atoms with Gasteiger partial charge in [-0.1, -0.05) is 90.5 Å². The quantitative estimate of drug-likeness (QED) is 0.192. The molecule has 7 aromatic carbocycles. The van der Waals surface area contributed by atoms with Crippen molar-refractivity contribution in [3.8, 4) is 11.4 Å². The predicted octanol–water partition coefficient (Wildman–Crippen LogP) is 11.2. The van der Waals surface area contributed by atoms with Crippen LogP contribution in [0.3, 0.4) is 0 Å². The van der Waals surface area contributed by atoms with Crippen molar-refractivity contribution in [1.82, 2.24) is 18.5 Å². The van der Waals surface area contributed by atoms with Crippen LogP contribution in [0, 0.1) is 0 Å². The molecule has 5 nitrogen and oxygen atoms in total. The fraction of sp³-hybridized carbons (Fsp3) is 0. The summed E-state index contributed by atoms with van der Waals surface area (Å²) in [6.07, 6.45) is 0.